The molecule has 3 rings (SSSR count). The highest BCUT2D eigenvalue weighted by Crippen LogP contribution is 2.20. The number of benzene rings is 1. The molecule has 0 spiro atoms. The lowest BCUT2D eigenvalue weighted by Crippen LogP contribution is -2.28. The number of likely N-dealkylation sites (tertiary alicyclic amines) is 1. The largest absolute Gasteiger partial charge is 0.419 e. The summed E-state index contributed by atoms with van der Waals surface area (Å²) in [6.07, 6.45) is 0.523. The zero-order chi connectivity index (χ0) is 14.1. The van der Waals surface area contributed by atoms with Crippen molar-refractivity contribution in [2.45, 2.75) is 26.3 Å². The summed E-state index contributed by atoms with van der Waals surface area (Å²) in [7, 11) is 0. The number of carbonyl (C=O) groups is 2. The summed E-state index contributed by atoms with van der Waals surface area (Å²) in [5.41, 5.74) is 1.95. The van der Waals surface area contributed by atoms with E-state index in [1.165, 1.54) is 0 Å². The summed E-state index contributed by atoms with van der Waals surface area (Å²) in [6, 6.07) is 7.68. The van der Waals surface area contributed by atoms with Gasteiger partial charge in [-0.25, -0.2) is 0 Å². The Labute approximate surface area is 115 Å². The smallest absolute Gasteiger partial charge is 0.247 e. The van der Waals surface area contributed by atoms with Crippen LogP contribution in [-0.4, -0.2) is 26.9 Å². The average molecular weight is 271 g/mol. The molecule has 102 valence electrons. The van der Waals surface area contributed by atoms with Crippen LogP contribution in [0.1, 0.15) is 24.3 Å². The van der Waals surface area contributed by atoms with Gasteiger partial charge in [-0.3, -0.25) is 14.5 Å². The molecule has 0 atom stereocenters. The van der Waals surface area contributed by atoms with E-state index in [0.29, 0.717) is 5.89 Å². The first kappa shape index (κ1) is 12.5. The predicted molar refractivity (Wildman–Crippen MR) is 69.3 cm³/mol. The number of hydrogen-bond acceptors (Lipinski definition) is 5. The molecule has 0 N–H and O–H groups in total. The fraction of sp³-hybridized carbons (Fsp3) is 0.286. The quantitative estimate of drug-likeness (QED) is 0.794. The molecule has 1 saturated heterocycles. The number of aryl methyl sites for hydroxylation is 1. The Balaban J connectivity index is 1.78. The molecule has 2 amide bonds. The minimum absolute atomic E-state index is 0.0521. The lowest BCUT2D eigenvalue weighted by Gasteiger charge is -2.09. The normalized spacial score (nSPS) is 15.2. The van der Waals surface area contributed by atoms with Crippen molar-refractivity contribution < 1.29 is 14.0 Å². The molecule has 1 aliphatic heterocycles. The van der Waals surface area contributed by atoms with Crippen LogP contribution < -0.4 is 0 Å². The molecular formula is C14H13N3O3. The number of nitrogens with zero attached hydrogens (tertiary/aromatic N) is 3. The van der Waals surface area contributed by atoms with E-state index in [4.69, 9.17) is 4.42 Å². The van der Waals surface area contributed by atoms with Crippen LogP contribution in [-0.2, 0) is 16.1 Å². The van der Waals surface area contributed by atoms with Crippen molar-refractivity contribution in [1.29, 1.82) is 0 Å². The number of carbonyl (C=O) groups excluding carboxylic acids is 2. The summed E-state index contributed by atoms with van der Waals surface area (Å²) < 4.78 is 5.50. The van der Waals surface area contributed by atoms with Crippen molar-refractivity contribution in [3.63, 3.8) is 0 Å². The second-order valence-corrected chi connectivity index (χ2v) is 4.74. The van der Waals surface area contributed by atoms with Crippen molar-refractivity contribution >= 4 is 11.8 Å². The van der Waals surface area contributed by atoms with Gasteiger partial charge in [-0.2, -0.15) is 0 Å². The van der Waals surface area contributed by atoms with E-state index < -0.39 is 0 Å². The third-order valence-corrected chi connectivity index (χ3v) is 3.21. The number of hydrogen-bond donors (Lipinski definition) is 0. The number of aromatic nitrogens is 2. The molecule has 1 aromatic carbocycles. The molecule has 0 saturated carbocycles. The van der Waals surface area contributed by atoms with E-state index in [9.17, 15) is 9.59 Å². The number of amides is 2. The Kier molecular flexibility index (Phi) is 3.06. The van der Waals surface area contributed by atoms with Crippen LogP contribution in [0.2, 0.25) is 0 Å². The molecule has 6 nitrogen and oxygen atoms in total. The van der Waals surface area contributed by atoms with E-state index in [1.54, 1.807) is 0 Å². The molecular weight excluding hydrogens is 258 g/mol. The zero-order valence-electron chi connectivity index (χ0n) is 11.0. The third-order valence-electron chi connectivity index (χ3n) is 3.21. The van der Waals surface area contributed by atoms with E-state index in [1.807, 2.05) is 31.2 Å². The molecule has 1 aromatic heterocycles. The van der Waals surface area contributed by atoms with E-state index in [0.717, 1.165) is 16.0 Å². The molecule has 6 heteroatoms. The monoisotopic (exact) mass is 271 g/mol. The second-order valence-electron chi connectivity index (χ2n) is 4.74. The van der Waals surface area contributed by atoms with Crippen LogP contribution in [0.5, 0.6) is 0 Å². The molecule has 2 aromatic rings. The molecule has 0 unspecified atom stereocenters. The molecule has 20 heavy (non-hydrogen) atoms. The topological polar surface area (TPSA) is 76.3 Å². The summed E-state index contributed by atoms with van der Waals surface area (Å²) in [5, 5.41) is 7.83. The highest BCUT2D eigenvalue weighted by Gasteiger charge is 2.30. The fourth-order valence-electron chi connectivity index (χ4n) is 2.06. The summed E-state index contributed by atoms with van der Waals surface area (Å²) >= 11 is 0. The van der Waals surface area contributed by atoms with Gasteiger partial charge in [0.15, 0.2) is 0 Å². The summed E-state index contributed by atoms with van der Waals surface area (Å²) in [5.74, 6) is 0.276. The van der Waals surface area contributed by atoms with Crippen LogP contribution in [0.15, 0.2) is 28.7 Å². The predicted octanol–water partition coefficient (Wildman–Crippen LogP) is 1.69. The van der Waals surface area contributed by atoms with Crippen molar-refractivity contribution in [3.05, 3.63) is 35.7 Å². The Bertz CT molecular complexity index is 645. The first-order chi connectivity index (χ1) is 9.63. The van der Waals surface area contributed by atoms with Gasteiger partial charge < -0.3 is 4.42 Å². The van der Waals surface area contributed by atoms with E-state index in [-0.39, 0.29) is 37.1 Å². The minimum Gasteiger partial charge on any atom is -0.419 e. The maximum absolute atomic E-state index is 11.5. The van der Waals surface area contributed by atoms with Gasteiger partial charge in [0.25, 0.3) is 0 Å². The highest BCUT2D eigenvalue weighted by atomic mass is 16.4. The fourth-order valence-corrected chi connectivity index (χ4v) is 2.06. The van der Waals surface area contributed by atoms with Crippen molar-refractivity contribution in [1.82, 2.24) is 15.1 Å². The maximum atomic E-state index is 11.5. The second kappa shape index (κ2) is 4.88. The molecule has 2 heterocycles. The lowest BCUT2D eigenvalue weighted by molar-refractivity contribution is -0.139. The van der Waals surface area contributed by atoms with Crippen molar-refractivity contribution in [3.8, 4) is 11.5 Å². The van der Waals surface area contributed by atoms with E-state index in [2.05, 4.69) is 10.2 Å². The summed E-state index contributed by atoms with van der Waals surface area (Å²) in [4.78, 5) is 24.2. The van der Waals surface area contributed by atoms with Gasteiger partial charge in [0, 0.05) is 18.4 Å². The van der Waals surface area contributed by atoms with Gasteiger partial charge in [-0.15, -0.1) is 10.2 Å². The Morgan fingerprint density at radius 1 is 1.10 bits per heavy atom. The number of imide groups is 1. The van der Waals surface area contributed by atoms with Gasteiger partial charge in [-0.05, 0) is 19.1 Å². The SMILES string of the molecule is Cc1ccc(-c2nnc(CN3C(=O)CCC3=O)o2)cc1. The van der Waals surface area contributed by atoms with Crippen LogP contribution in [0.4, 0.5) is 0 Å². The highest BCUT2D eigenvalue weighted by molar-refractivity contribution is 6.01. The lowest BCUT2D eigenvalue weighted by atomic mass is 10.1. The Hall–Kier alpha value is -2.50. The molecule has 1 aliphatic rings. The summed E-state index contributed by atoms with van der Waals surface area (Å²) in [6.45, 7) is 2.05. The Morgan fingerprint density at radius 3 is 2.40 bits per heavy atom. The maximum Gasteiger partial charge on any atom is 0.247 e. The van der Waals surface area contributed by atoms with Crippen LogP contribution >= 0.6 is 0 Å². The first-order valence-electron chi connectivity index (χ1n) is 6.36. The van der Waals surface area contributed by atoms with E-state index >= 15 is 0 Å². The van der Waals surface area contributed by atoms with Crippen molar-refractivity contribution in [2.75, 3.05) is 0 Å². The van der Waals surface area contributed by atoms with Crippen LogP contribution in [0, 0.1) is 6.92 Å². The molecule has 0 aliphatic carbocycles. The minimum atomic E-state index is -0.190. The Morgan fingerprint density at radius 2 is 1.75 bits per heavy atom. The van der Waals surface area contributed by atoms with Gasteiger partial charge in [0.2, 0.25) is 23.6 Å². The first-order valence-corrected chi connectivity index (χ1v) is 6.36. The van der Waals surface area contributed by atoms with Gasteiger partial charge >= 0.3 is 0 Å². The van der Waals surface area contributed by atoms with Gasteiger partial charge in [0.1, 0.15) is 6.54 Å². The van der Waals surface area contributed by atoms with Crippen LogP contribution in [0.25, 0.3) is 11.5 Å². The third kappa shape index (κ3) is 2.32. The molecule has 0 radical (unpaired) electrons. The zero-order valence-corrected chi connectivity index (χ0v) is 11.0. The molecule has 1 fully saturated rings. The van der Waals surface area contributed by atoms with Crippen molar-refractivity contribution in [2.24, 2.45) is 0 Å². The molecule has 0 bridgehead atoms. The standard InChI is InChI=1S/C14H13N3O3/c1-9-2-4-10(5-3-9)14-16-15-11(20-14)8-17-12(18)6-7-13(17)19/h2-5H,6-8H2,1H3. The van der Waals surface area contributed by atoms with Gasteiger partial charge in [-0.1, -0.05) is 17.7 Å². The van der Waals surface area contributed by atoms with Crippen LogP contribution in [0.3, 0.4) is 0 Å². The van der Waals surface area contributed by atoms with Gasteiger partial charge in [0.05, 0.1) is 0 Å². The average Bonchev–Trinajstić information content (AvgIpc) is 3.02. The number of rotatable bonds is 3.